The fraction of sp³-hybridized carbons (Fsp3) is 0.391. The van der Waals surface area contributed by atoms with Gasteiger partial charge in [0.05, 0.1) is 18.0 Å². The summed E-state index contributed by atoms with van der Waals surface area (Å²) in [5, 5.41) is 0. The van der Waals surface area contributed by atoms with Crippen LogP contribution in [0.15, 0.2) is 41.4 Å². The van der Waals surface area contributed by atoms with Crippen LogP contribution in [0.4, 0.5) is 11.4 Å². The highest BCUT2D eigenvalue weighted by molar-refractivity contribution is 6.55. The Balaban J connectivity index is 1.85. The molecule has 0 N–H and O–H groups in total. The second kappa shape index (κ2) is 6.22. The van der Waals surface area contributed by atoms with Crippen LogP contribution in [-0.4, -0.2) is 23.8 Å². The Morgan fingerprint density at radius 1 is 1.22 bits per heavy atom. The van der Waals surface area contributed by atoms with Gasteiger partial charge in [0, 0.05) is 11.1 Å². The molecule has 2 aromatic carbocycles. The number of aryl methyl sites for hydroxylation is 1. The summed E-state index contributed by atoms with van der Waals surface area (Å²) >= 11 is 0. The van der Waals surface area contributed by atoms with Crippen molar-refractivity contribution in [2.45, 2.75) is 52.5 Å². The van der Waals surface area contributed by atoms with Gasteiger partial charge in [0.15, 0.2) is 0 Å². The number of anilines is 1. The number of hydrogen-bond donors (Lipinski definition) is 0. The summed E-state index contributed by atoms with van der Waals surface area (Å²) < 4.78 is 5.50. The van der Waals surface area contributed by atoms with Crippen molar-refractivity contribution < 1.29 is 9.53 Å². The SMILES string of the molecule is CCOc1ccc(N=C2C(=O)N3c4c2cc(C)cc4[C@@H](C)CC3(C)C)cc1. The molecule has 140 valence electrons. The van der Waals surface area contributed by atoms with Crippen molar-refractivity contribution in [2.24, 2.45) is 4.99 Å². The van der Waals surface area contributed by atoms with Gasteiger partial charge >= 0.3 is 0 Å². The molecular weight excluding hydrogens is 336 g/mol. The van der Waals surface area contributed by atoms with E-state index < -0.39 is 0 Å². The number of nitrogens with zero attached hydrogens (tertiary/aromatic N) is 2. The van der Waals surface area contributed by atoms with Crippen LogP contribution in [0, 0.1) is 6.92 Å². The molecule has 2 aliphatic heterocycles. The minimum Gasteiger partial charge on any atom is -0.494 e. The highest BCUT2D eigenvalue weighted by Gasteiger charge is 2.47. The number of carbonyl (C=O) groups is 1. The van der Waals surface area contributed by atoms with E-state index in [1.165, 1.54) is 11.1 Å². The predicted octanol–water partition coefficient (Wildman–Crippen LogP) is 5.15. The van der Waals surface area contributed by atoms with Crippen LogP contribution in [-0.2, 0) is 4.79 Å². The number of carbonyl (C=O) groups excluding carboxylic acids is 1. The zero-order chi connectivity index (χ0) is 19.3. The first-order valence-electron chi connectivity index (χ1n) is 9.63. The van der Waals surface area contributed by atoms with E-state index in [0.29, 0.717) is 18.2 Å². The molecule has 4 heteroatoms. The van der Waals surface area contributed by atoms with E-state index in [1.54, 1.807) is 0 Å². The Hall–Kier alpha value is -2.62. The van der Waals surface area contributed by atoms with Crippen LogP contribution >= 0.6 is 0 Å². The number of hydrogen-bond acceptors (Lipinski definition) is 3. The molecule has 0 saturated heterocycles. The van der Waals surface area contributed by atoms with Gasteiger partial charge in [0.2, 0.25) is 0 Å². The predicted molar refractivity (Wildman–Crippen MR) is 110 cm³/mol. The molecule has 0 saturated carbocycles. The van der Waals surface area contributed by atoms with Crippen LogP contribution in [0.2, 0.25) is 0 Å². The summed E-state index contributed by atoms with van der Waals surface area (Å²) in [6.45, 7) is 11.2. The first-order valence-corrected chi connectivity index (χ1v) is 9.63. The second-order valence-electron chi connectivity index (χ2n) is 8.20. The van der Waals surface area contributed by atoms with Crippen molar-refractivity contribution in [3.63, 3.8) is 0 Å². The van der Waals surface area contributed by atoms with Crippen LogP contribution in [0.3, 0.4) is 0 Å². The minimum atomic E-state index is -0.219. The summed E-state index contributed by atoms with van der Waals surface area (Å²) in [5.74, 6) is 1.23. The quantitative estimate of drug-likeness (QED) is 0.758. The standard InChI is InChI=1S/C23H26N2O2/c1-6-27-17-9-7-16(8-10-17)24-20-19-12-14(2)11-18-15(3)13-23(4,5)25(21(18)19)22(20)26/h7-12,15H,6,13H2,1-5H3/t15-/m0/s1. The van der Waals surface area contributed by atoms with E-state index in [2.05, 4.69) is 39.8 Å². The third-order valence-corrected chi connectivity index (χ3v) is 5.50. The molecule has 1 atom stereocenters. The lowest BCUT2D eigenvalue weighted by atomic mass is 9.80. The molecule has 0 spiro atoms. The molecule has 1 amide bonds. The van der Waals surface area contributed by atoms with Crippen LogP contribution in [0.25, 0.3) is 0 Å². The topological polar surface area (TPSA) is 41.9 Å². The molecule has 2 heterocycles. The van der Waals surface area contributed by atoms with E-state index >= 15 is 0 Å². The fourth-order valence-electron chi connectivity index (χ4n) is 4.48. The summed E-state index contributed by atoms with van der Waals surface area (Å²) in [6.07, 6.45) is 0.949. The van der Waals surface area contributed by atoms with Crippen molar-refractivity contribution in [1.29, 1.82) is 0 Å². The van der Waals surface area contributed by atoms with Gasteiger partial charge in [-0.1, -0.05) is 18.6 Å². The Labute approximate surface area is 160 Å². The second-order valence-corrected chi connectivity index (χ2v) is 8.20. The molecule has 2 aliphatic rings. The Morgan fingerprint density at radius 3 is 2.59 bits per heavy atom. The van der Waals surface area contributed by atoms with Gasteiger partial charge in [-0.2, -0.15) is 0 Å². The molecule has 27 heavy (non-hydrogen) atoms. The Morgan fingerprint density at radius 2 is 1.93 bits per heavy atom. The smallest absolute Gasteiger partial charge is 0.278 e. The number of aliphatic imine (C=N–C) groups is 1. The number of ether oxygens (including phenoxy) is 1. The fourth-order valence-corrected chi connectivity index (χ4v) is 4.48. The molecule has 0 bridgehead atoms. The monoisotopic (exact) mass is 362 g/mol. The summed E-state index contributed by atoms with van der Waals surface area (Å²) in [5.41, 5.74) is 5.54. The van der Waals surface area contributed by atoms with Gasteiger partial charge in [0.1, 0.15) is 11.5 Å². The van der Waals surface area contributed by atoms with Gasteiger partial charge in [-0.15, -0.1) is 0 Å². The van der Waals surface area contributed by atoms with E-state index in [0.717, 1.165) is 29.1 Å². The van der Waals surface area contributed by atoms with Crippen molar-refractivity contribution in [3.05, 3.63) is 53.1 Å². The molecule has 0 fully saturated rings. The first-order chi connectivity index (χ1) is 12.8. The number of rotatable bonds is 3. The zero-order valence-corrected chi connectivity index (χ0v) is 16.7. The maximum Gasteiger partial charge on any atom is 0.278 e. The maximum atomic E-state index is 13.4. The highest BCUT2D eigenvalue weighted by atomic mass is 16.5. The van der Waals surface area contributed by atoms with Crippen molar-refractivity contribution in [2.75, 3.05) is 11.5 Å². The summed E-state index contributed by atoms with van der Waals surface area (Å²) in [6, 6.07) is 11.9. The van der Waals surface area contributed by atoms with E-state index in [1.807, 2.05) is 36.1 Å². The molecule has 0 unspecified atom stereocenters. The average molecular weight is 362 g/mol. The van der Waals surface area contributed by atoms with E-state index in [4.69, 9.17) is 9.73 Å². The van der Waals surface area contributed by atoms with Crippen LogP contribution in [0.5, 0.6) is 5.75 Å². The van der Waals surface area contributed by atoms with E-state index in [-0.39, 0.29) is 11.4 Å². The Kier molecular flexibility index (Phi) is 4.10. The molecule has 0 radical (unpaired) electrons. The molecule has 0 aliphatic carbocycles. The number of benzene rings is 2. The Bertz CT molecular complexity index is 942. The molecule has 0 aromatic heterocycles. The number of amides is 1. The maximum absolute atomic E-state index is 13.4. The molecule has 2 aromatic rings. The highest BCUT2D eigenvalue weighted by Crippen LogP contribution is 2.49. The van der Waals surface area contributed by atoms with Crippen LogP contribution in [0.1, 0.15) is 56.7 Å². The van der Waals surface area contributed by atoms with Gasteiger partial charge < -0.3 is 9.64 Å². The molecule has 4 rings (SSSR count). The largest absolute Gasteiger partial charge is 0.494 e. The lowest BCUT2D eigenvalue weighted by Crippen LogP contribution is -2.50. The van der Waals surface area contributed by atoms with Gasteiger partial charge in [-0.3, -0.25) is 4.79 Å². The summed E-state index contributed by atoms with van der Waals surface area (Å²) in [4.78, 5) is 20.1. The zero-order valence-electron chi connectivity index (χ0n) is 16.7. The average Bonchev–Trinajstić information content (AvgIpc) is 2.88. The minimum absolute atomic E-state index is 0.00244. The lowest BCUT2D eigenvalue weighted by molar-refractivity contribution is -0.113. The molecule has 4 nitrogen and oxygen atoms in total. The van der Waals surface area contributed by atoms with Gasteiger partial charge in [0.25, 0.3) is 5.91 Å². The van der Waals surface area contributed by atoms with Crippen molar-refractivity contribution in [3.8, 4) is 5.75 Å². The third-order valence-electron chi connectivity index (χ3n) is 5.50. The first kappa shape index (κ1) is 17.8. The lowest BCUT2D eigenvalue weighted by Gasteiger charge is -2.43. The summed E-state index contributed by atoms with van der Waals surface area (Å²) in [7, 11) is 0. The normalized spacial score (nSPS) is 21.5. The van der Waals surface area contributed by atoms with Gasteiger partial charge in [-0.25, -0.2) is 4.99 Å². The van der Waals surface area contributed by atoms with Crippen molar-refractivity contribution in [1.82, 2.24) is 0 Å². The van der Waals surface area contributed by atoms with Gasteiger partial charge in [-0.05, 0) is 75.9 Å². The van der Waals surface area contributed by atoms with Crippen LogP contribution < -0.4 is 9.64 Å². The molecular formula is C23H26N2O2. The van der Waals surface area contributed by atoms with E-state index in [9.17, 15) is 4.79 Å². The third kappa shape index (κ3) is 2.84. The van der Waals surface area contributed by atoms with Crippen molar-refractivity contribution >= 4 is 23.0 Å².